The first-order chi connectivity index (χ1) is 7.01. The molecule has 7 heteroatoms. The molecule has 1 aliphatic heterocycles. The average molecular weight is 230 g/mol. The van der Waals surface area contributed by atoms with E-state index in [0.29, 0.717) is 13.1 Å². The summed E-state index contributed by atoms with van der Waals surface area (Å²) in [5, 5.41) is 0.129. The molecule has 84 valence electrons. The van der Waals surface area contributed by atoms with Crippen molar-refractivity contribution in [1.82, 2.24) is 14.3 Å². The number of hydrogen-bond acceptors (Lipinski definition) is 4. The molecule has 2 unspecified atom stereocenters. The van der Waals surface area contributed by atoms with E-state index in [1.807, 2.05) is 6.92 Å². The summed E-state index contributed by atoms with van der Waals surface area (Å²) < 4.78 is 25.4. The van der Waals surface area contributed by atoms with Gasteiger partial charge >= 0.3 is 0 Å². The zero-order chi connectivity index (χ0) is 11.1. The number of nitrogens with two attached hydrogens (primary N) is 1. The number of aromatic nitrogens is 2. The van der Waals surface area contributed by atoms with E-state index in [0.717, 1.165) is 0 Å². The molecule has 2 heterocycles. The van der Waals surface area contributed by atoms with Crippen molar-refractivity contribution >= 4 is 10.0 Å². The van der Waals surface area contributed by atoms with Gasteiger partial charge in [-0.15, -0.1) is 0 Å². The molecule has 0 aromatic carbocycles. The maximum absolute atomic E-state index is 12.0. The van der Waals surface area contributed by atoms with Crippen molar-refractivity contribution in [2.45, 2.75) is 18.0 Å². The molecule has 2 rings (SSSR count). The summed E-state index contributed by atoms with van der Waals surface area (Å²) in [5.74, 6) is 0.197. The third-order valence-electron chi connectivity index (χ3n) is 2.73. The number of sulfonamides is 1. The third-order valence-corrected chi connectivity index (χ3v) is 4.48. The van der Waals surface area contributed by atoms with Crippen molar-refractivity contribution in [3.05, 3.63) is 12.5 Å². The molecule has 0 bridgehead atoms. The predicted molar refractivity (Wildman–Crippen MR) is 54.5 cm³/mol. The zero-order valence-electron chi connectivity index (χ0n) is 8.42. The fourth-order valence-electron chi connectivity index (χ4n) is 1.67. The van der Waals surface area contributed by atoms with Gasteiger partial charge in [0, 0.05) is 19.1 Å². The minimum Gasteiger partial charge on any atom is -0.335 e. The van der Waals surface area contributed by atoms with Crippen molar-refractivity contribution < 1.29 is 8.42 Å². The topological polar surface area (TPSA) is 92.1 Å². The first-order valence-electron chi connectivity index (χ1n) is 4.76. The Bertz CT molecular complexity index is 418. The largest absolute Gasteiger partial charge is 0.335 e. The molecule has 0 spiro atoms. The lowest BCUT2D eigenvalue weighted by molar-refractivity contribution is 0.462. The minimum absolute atomic E-state index is 0.0808. The maximum Gasteiger partial charge on any atom is 0.260 e. The summed E-state index contributed by atoms with van der Waals surface area (Å²) in [4.78, 5) is 6.31. The Balaban J connectivity index is 2.25. The lowest BCUT2D eigenvalue weighted by Gasteiger charge is -2.13. The van der Waals surface area contributed by atoms with Gasteiger partial charge in [0.15, 0.2) is 5.03 Å². The van der Waals surface area contributed by atoms with Crippen LogP contribution in [-0.2, 0) is 10.0 Å². The van der Waals surface area contributed by atoms with Gasteiger partial charge in [0.1, 0.15) is 0 Å². The number of nitrogens with one attached hydrogen (secondary N) is 1. The van der Waals surface area contributed by atoms with Crippen LogP contribution in [0.5, 0.6) is 0 Å². The molecule has 1 saturated heterocycles. The van der Waals surface area contributed by atoms with E-state index in [4.69, 9.17) is 5.73 Å². The molecule has 1 fully saturated rings. The number of hydrogen-bond donors (Lipinski definition) is 2. The molecule has 0 amide bonds. The van der Waals surface area contributed by atoms with E-state index in [2.05, 4.69) is 9.97 Å². The van der Waals surface area contributed by atoms with Crippen molar-refractivity contribution in [3.8, 4) is 0 Å². The normalized spacial score (nSPS) is 28.4. The average Bonchev–Trinajstić information content (AvgIpc) is 2.77. The van der Waals surface area contributed by atoms with Crippen LogP contribution in [0.3, 0.4) is 0 Å². The van der Waals surface area contributed by atoms with Crippen LogP contribution >= 0.6 is 0 Å². The van der Waals surface area contributed by atoms with Crippen molar-refractivity contribution in [3.63, 3.8) is 0 Å². The summed E-state index contributed by atoms with van der Waals surface area (Å²) in [7, 11) is -3.43. The van der Waals surface area contributed by atoms with Crippen LogP contribution in [0.25, 0.3) is 0 Å². The van der Waals surface area contributed by atoms with Gasteiger partial charge in [-0.3, -0.25) is 0 Å². The Morgan fingerprint density at radius 2 is 2.33 bits per heavy atom. The van der Waals surface area contributed by atoms with Gasteiger partial charge in [-0.05, 0) is 5.92 Å². The molecule has 0 saturated carbocycles. The summed E-state index contributed by atoms with van der Waals surface area (Å²) in [6.45, 7) is 2.80. The summed E-state index contributed by atoms with van der Waals surface area (Å²) >= 11 is 0. The minimum atomic E-state index is -3.43. The molecule has 1 aromatic rings. The van der Waals surface area contributed by atoms with E-state index in [1.54, 1.807) is 0 Å². The Morgan fingerprint density at radius 1 is 1.60 bits per heavy atom. The molecule has 3 N–H and O–H groups in total. The first-order valence-corrected chi connectivity index (χ1v) is 6.20. The first kappa shape index (κ1) is 10.6. The number of nitrogens with zero attached hydrogens (tertiary/aromatic N) is 2. The van der Waals surface area contributed by atoms with Gasteiger partial charge in [-0.2, -0.15) is 4.31 Å². The van der Waals surface area contributed by atoms with Crippen LogP contribution in [0.4, 0.5) is 0 Å². The van der Waals surface area contributed by atoms with E-state index < -0.39 is 10.0 Å². The Labute approximate surface area is 88.5 Å². The fraction of sp³-hybridized carbons (Fsp3) is 0.625. The second-order valence-corrected chi connectivity index (χ2v) is 5.79. The van der Waals surface area contributed by atoms with Gasteiger partial charge < -0.3 is 10.7 Å². The smallest absolute Gasteiger partial charge is 0.260 e. The van der Waals surface area contributed by atoms with Gasteiger partial charge in [0.2, 0.25) is 0 Å². The lowest BCUT2D eigenvalue weighted by atomic mass is 10.1. The number of rotatable bonds is 2. The number of H-pyrrole nitrogens is 1. The summed E-state index contributed by atoms with van der Waals surface area (Å²) in [6.07, 6.45) is 2.66. The number of aromatic amines is 1. The van der Waals surface area contributed by atoms with Crippen LogP contribution in [-0.4, -0.2) is 41.8 Å². The van der Waals surface area contributed by atoms with E-state index in [-0.39, 0.29) is 17.0 Å². The fourth-order valence-corrected chi connectivity index (χ4v) is 3.14. The van der Waals surface area contributed by atoms with Gasteiger partial charge in [-0.25, -0.2) is 13.4 Å². The molecule has 0 radical (unpaired) electrons. The highest BCUT2D eigenvalue weighted by Gasteiger charge is 2.35. The lowest BCUT2D eigenvalue weighted by Crippen LogP contribution is -2.32. The highest BCUT2D eigenvalue weighted by Crippen LogP contribution is 2.21. The molecule has 15 heavy (non-hydrogen) atoms. The SMILES string of the molecule is CC1CN(S(=O)(=O)c2cnc[nH]2)CC1N. The molecule has 1 aliphatic rings. The molecule has 1 aromatic heterocycles. The second-order valence-electron chi connectivity index (χ2n) is 3.88. The molecular formula is C8H14N4O2S. The highest BCUT2D eigenvalue weighted by atomic mass is 32.2. The van der Waals surface area contributed by atoms with Gasteiger partial charge in [-0.1, -0.05) is 6.92 Å². The van der Waals surface area contributed by atoms with E-state index in [9.17, 15) is 8.42 Å². The van der Waals surface area contributed by atoms with Crippen molar-refractivity contribution in [1.29, 1.82) is 0 Å². The molecule has 2 atom stereocenters. The second kappa shape index (κ2) is 3.58. The van der Waals surface area contributed by atoms with Crippen LogP contribution in [0.1, 0.15) is 6.92 Å². The standard InChI is InChI=1S/C8H14N4O2S/c1-6-3-12(4-7(6)9)15(13,14)8-2-10-5-11-8/h2,5-7H,3-4,9H2,1H3,(H,10,11). The quantitative estimate of drug-likeness (QED) is 0.708. The third kappa shape index (κ3) is 1.77. The Morgan fingerprint density at radius 3 is 2.80 bits per heavy atom. The molecule has 0 aliphatic carbocycles. The van der Waals surface area contributed by atoms with E-state index in [1.165, 1.54) is 16.8 Å². The van der Waals surface area contributed by atoms with Crippen LogP contribution < -0.4 is 5.73 Å². The molecular weight excluding hydrogens is 216 g/mol. The van der Waals surface area contributed by atoms with Gasteiger partial charge in [0.05, 0.1) is 12.5 Å². The molecule has 6 nitrogen and oxygen atoms in total. The monoisotopic (exact) mass is 230 g/mol. The predicted octanol–water partition coefficient (Wildman–Crippen LogP) is -0.623. The van der Waals surface area contributed by atoms with Crippen molar-refractivity contribution in [2.24, 2.45) is 11.7 Å². The Kier molecular flexibility index (Phi) is 2.53. The maximum atomic E-state index is 12.0. The number of imidazole rings is 1. The van der Waals surface area contributed by atoms with E-state index >= 15 is 0 Å². The van der Waals surface area contributed by atoms with Crippen molar-refractivity contribution in [2.75, 3.05) is 13.1 Å². The summed E-state index contributed by atoms with van der Waals surface area (Å²) in [5.41, 5.74) is 5.79. The summed E-state index contributed by atoms with van der Waals surface area (Å²) in [6, 6.07) is -0.0808. The van der Waals surface area contributed by atoms with Gasteiger partial charge in [0.25, 0.3) is 10.0 Å². The van der Waals surface area contributed by atoms with Crippen LogP contribution in [0.15, 0.2) is 17.6 Å². The van der Waals surface area contributed by atoms with Crippen LogP contribution in [0.2, 0.25) is 0 Å². The Hall–Kier alpha value is -0.920. The zero-order valence-corrected chi connectivity index (χ0v) is 9.24. The van der Waals surface area contributed by atoms with Crippen LogP contribution in [0, 0.1) is 5.92 Å². The highest BCUT2D eigenvalue weighted by molar-refractivity contribution is 7.89.